The SMILES string of the molecule is CC(C)C1(C(=O)NCC2(O)CCOCC2)CCNC1. The second-order valence-corrected chi connectivity index (χ2v) is 6.26. The van der Waals surface area contributed by atoms with E-state index in [1.807, 2.05) is 0 Å². The molecule has 2 saturated heterocycles. The monoisotopic (exact) mass is 270 g/mol. The normalized spacial score (nSPS) is 30.5. The molecule has 0 radical (unpaired) electrons. The molecule has 0 aromatic carbocycles. The van der Waals surface area contributed by atoms with Gasteiger partial charge in [-0.2, -0.15) is 0 Å². The molecule has 2 heterocycles. The average Bonchev–Trinajstić information content (AvgIpc) is 2.87. The number of rotatable bonds is 4. The molecule has 0 spiro atoms. The highest BCUT2D eigenvalue weighted by atomic mass is 16.5. The van der Waals surface area contributed by atoms with Gasteiger partial charge in [0.2, 0.25) is 5.91 Å². The summed E-state index contributed by atoms with van der Waals surface area (Å²) in [5.41, 5.74) is -1.11. The van der Waals surface area contributed by atoms with Crippen LogP contribution in [0.5, 0.6) is 0 Å². The fourth-order valence-electron chi connectivity index (χ4n) is 3.01. The fourth-order valence-corrected chi connectivity index (χ4v) is 3.01. The van der Waals surface area contributed by atoms with E-state index in [2.05, 4.69) is 24.5 Å². The van der Waals surface area contributed by atoms with Crippen molar-refractivity contribution < 1.29 is 14.6 Å². The third kappa shape index (κ3) is 3.09. The van der Waals surface area contributed by atoms with Gasteiger partial charge in [0.25, 0.3) is 0 Å². The third-order valence-corrected chi connectivity index (χ3v) is 4.75. The van der Waals surface area contributed by atoms with E-state index in [4.69, 9.17) is 4.74 Å². The number of aliphatic hydroxyl groups is 1. The average molecular weight is 270 g/mol. The molecule has 110 valence electrons. The highest BCUT2D eigenvalue weighted by Gasteiger charge is 2.44. The number of nitrogens with one attached hydrogen (secondary N) is 2. The van der Waals surface area contributed by atoms with Crippen LogP contribution in [0.2, 0.25) is 0 Å². The van der Waals surface area contributed by atoms with Crippen LogP contribution in [0.15, 0.2) is 0 Å². The summed E-state index contributed by atoms with van der Waals surface area (Å²) in [7, 11) is 0. The van der Waals surface area contributed by atoms with E-state index >= 15 is 0 Å². The molecule has 19 heavy (non-hydrogen) atoms. The summed E-state index contributed by atoms with van der Waals surface area (Å²) in [4.78, 5) is 12.5. The Morgan fingerprint density at radius 3 is 2.58 bits per heavy atom. The second-order valence-electron chi connectivity index (χ2n) is 6.26. The Kier molecular flexibility index (Phi) is 4.48. The predicted molar refractivity (Wildman–Crippen MR) is 72.8 cm³/mol. The van der Waals surface area contributed by atoms with Crippen molar-refractivity contribution in [3.63, 3.8) is 0 Å². The molecule has 5 heteroatoms. The van der Waals surface area contributed by atoms with Crippen LogP contribution < -0.4 is 10.6 Å². The Morgan fingerprint density at radius 1 is 1.37 bits per heavy atom. The van der Waals surface area contributed by atoms with Crippen LogP contribution in [0.25, 0.3) is 0 Å². The van der Waals surface area contributed by atoms with Gasteiger partial charge in [-0.1, -0.05) is 13.8 Å². The molecule has 2 aliphatic rings. The zero-order chi connectivity index (χ0) is 13.9. The summed E-state index contributed by atoms with van der Waals surface area (Å²) < 4.78 is 5.25. The molecular weight excluding hydrogens is 244 g/mol. The minimum absolute atomic E-state index is 0.0763. The van der Waals surface area contributed by atoms with Gasteiger partial charge in [-0.15, -0.1) is 0 Å². The van der Waals surface area contributed by atoms with Crippen LogP contribution in [-0.4, -0.2) is 49.5 Å². The molecule has 2 fully saturated rings. The quantitative estimate of drug-likeness (QED) is 0.686. The highest BCUT2D eigenvalue weighted by molar-refractivity contribution is 5.83. The maximum absolute atomic E-state index is 12.5. The number of carbonyl (C=O) groups excluding carboxylic acids is 1. The van der Waals surface area contributed by atoms with Crippen molar-refractivity contribution in [3.8, 4) is 0 Å². The number of hydrogen-bond acceptors (Lipinski definition) is 4. The number of amides is 1. The van der Waals surface area contributed by atoms with E-state index in [0.29, 0.717) is 38.5 Å². The lowest BCUT2D eigenvalue weighted by Crippen LogP contribution is -2.52. The van der Waals surface area contributed by atoms with Crippen LogP contribution in [-0.2, 0) is 9.53 Å². The molecule has 1 atom stereocenters. The lowest BCUT2D eigenvalue weighted by molar-refractivity contribution is -0.135. The van der Waals surface area contributed by atoms with Crippen molar-refractivity contribution in [1.29, 1.82) is 0 Å². The Labute approximate surface area is 115 Å². The van der Waals surface area contributed by atoms with Crippen LogP contribution >= 0.6 is 0 Å². The first-order valence-corrected chi connectivity index (χ1v) is 7.28. The lowest BCUT2D eigenvalue weighted by Gasteiger charge is -2.35. The van der Waals surface area contributed by atoms with Crippen molar-refractivity contribution in [2.24, 2.45) is 11.3 Å². The zero-order valence-corrected chi connectivity index (χ0v) is 12.0. The molecule has 0 aromatic rings. The molecule has 2 rings (SSSR count). The summed E-state index contributed by atoms with van der Waals surface area (Å²) in [6.45, 7) is 7.30. The van der Waals surface area contributed by atoms with Gasteiger partial charge in [-0.3, -0.25) is 4.79 Å². The van der Waals surface area contributed by atoms with Gasteiger partial charge >= 0.3 is 0 Å². The van der Waals surface area contributed by atoms with Crippen LogP contribution in [0.3, 0.4) is 0 Å². The van der Waals surface area contributed by atoms with Gasteiger partial charge in [0.05, 0.1) is 11.0 Å². The molecule has 0 bridgehead atoms. The van der Waals surface area contributed by atoms with Gasteiger partial charge < -0.3 is 20.5 Å². The van der Waals surface area contributed by atoms with E-state index in [9.17, 15) is 9.90 Å². The molecule has 0 aromatic heterocycles. The Hall–Kier alpha value is -0.650. The molecule has 1 unspecified atom stereocenters. The Bertz CT molecular complexity index is 319. The minimum Gasteiger partial charge on any atom is -0.388 e. The van der Waals surface area contributed by atoms with Gasteiger partial charge in [0, 0.05) is 39.1 Å². The molecular formula is C14H26N2O3. The summed E-state index contributed by atoms with van der Waals surface area (Å²) in [5, 5.41) is 16.6. The van der Waals surface area contributed by atoms with E-state index in [1.54, 1.807) is 0 Å². The van der Waals surface area contributed by atoms with Gasteiger partial charge in [-0.05, 0) is 18.9 Å². The van der Waals surface area contributed by atoms with Crippen molar-refractivity contribution in [2.45, 2.75) is 38.7 Å². The Balaban J connectivity index is 1.92. The fraction of sp³-hybridized carbons (Fsp3) is 0.929. The van der Waals surface area contributed by atoms with E-state index in [-0.39, 0.29) is 11.3 Å². The molecule has 2 aliphatic heterocycles. The largest absolute Gasteiger partial charge is 0.388 e. The minimum atomic E-state index is -0.794. The predicted octanol–water partition coefficient (Wildman–Crippen LogP) is 0.280. The molecule has 3 N–H and O–H groups in total. The van der Waals surface area contributed by atoms with E-state index in [1.165, 1.54) is 0 Å². The van der Waals surface area contributed by atoms with Crippen molar-refractivity contribution >= 4 is 5.91 Å². The van der Waals surface area contributed by atoms with Crippen LogP contribution in [0.1, 0.15) is 33.1 Å². The molecule has 0 saturated carbocycles. The maximum Gasteiger partial charge on any atom is 0.227 e. The first-order chi connectivity index (χ1) is 8.99. The topological polar surface area (TPSA) is 70.6 Å². The van der Waals surface area contributed by atoms with Gasteiger partial charge in [-0.25, -0.2) is 0 Å². The van der Waals surface area contributed by atoms with Crippen molar-refractivity contribution in [1.82, 2.24) is 10.6 Å². The first-order valence-electron chi connectivity index (χ1n) is 7.28. The summed E-state index contributed by atoms with van der Waals surface area (Å²) in [5.74, 6) is 0.374. The second kappa shape index (κ2) is 5.77. The smallest absolute Gasteiger partial charge is 0.227 e. The maximum atomic E-state index is 12.5. The zero-order valence-electron chi connectivity index (χ0n) is 12.0. The standard InChI is InChI=1S/C14H26N2O3/c1-11(2)14(3-6-15-10-14)12(17)16-9-13(18)4-7-19-8-5-13/h11,15,18H,3-10H2,1-2H3,(H,16,17). The summed E-state index contributed by atoms with van der Waals surface area (Å²) in [6.07, 6.45) is 2.07. The van der Waals surface area contributed by atoms with Crippen LogP contribution in [0.4, 0.5) is 0 Å². The van der Waals surface area contributed by atoms with E-state index < -0.39 is 5.60 Å². The lowest BCUT2D eigenvalue weighted by atomic mass is 9.75. The number of hydrogen-bond donors (Lipinski definition) is 3. The number of ether oxygens (including phenoxy) is 1. The van der Waals surface area contributed by atoms with Gasteiger partial charge in [0.1, 0.15) is 0 Å². The third-order valence-electron chi connectivity index (χ3n) is 4.75. The van der Waals surface area contributed by atoms with E-state index in [0.717, 1.165) is 19.5 Å². The van der Waals surface area contributed by atoms with Crippen LogP contribution in [0, 0.1) is 11.3 Å². The summed E-state index contributed by atoms with van der Waals surface area (Å²) in [6, 6.07) is 0. The van der Waals surface area contributed by atoms with Crippen molar-refractivity contribution in [3.05, 3.63) is 0 Å². The van der Waals surface area contributed by atoms with Crippen molar-refractivity contribution in [2.75, 3.05) is 32.8 Å². The first kappa shape index (κ1) is 14.8. The Morgan fingerprint density at radius 2 is 2.05 bits per heavy atom. The molecule has 1 amide bonds. The molecule has 0 aliphatic carbocycles. The van der Waals surface area contributed by atoms with Gasteiger partial charge in [0.15, 0.2) is 0 Å². The molecule has 5 nitrogen and oxygen atoms in total. The highest BCUT2D eigenvalue weighted by Crippen LogP contribution is 2.34. The number of carbonyl (C=O) groups is 1. The summed E-state index contributed by atoms with van der Waals surface area (Å²) >= 11 is 0.